The standard InChI is InChI=1S/C15H31NO2S/c1-12(2)8-13(3)18-10-14(17)9-16-11-15(19-4)6-5-7-15/h12-14,16-17H,5-11H2,1-4H3. The summed E-state index contributed by atoms with van der Waals surface area (Å²) in [5.41, 5.74) is 0. The Kier molecular flexibility index (Phi) is 7.73. The summed E-state index contributed by atoms with van der Waals surface area (Å²) in [6.45, 7) is 8.55. The maximum atomic E-state index is 9.90. The Morgan fingerprint density at radius 2 is 2.00 bits per heavy atom. The van der Waals surface area contributed by atoms with Crippen molar-refractivity contribution in [2.24, 2.45) is 5.92 Å². The second-order valence-electron chi connectivity index (χ2n) is 6.30. The summed E-state index contributed by atoms with van der Waals surface area (Å²) < 4.78 is 6.10. The summed E-state index contributed by atoms with van der Waals surface area (Å²) in [5, 5.41) is 13.3. The van der Waals surface area contributed by atoms with E-state index in [1.54, 1.807) is 0 Å². The van der Waals surface area contributed by atoms with Crippen molar-refractivity contribution in [1.82, 2.24) is 5.32 Å². The molecule has 2 N–H and O–H groups in total. The number of nitrogens with one attached hydrogen (secondary N) is 1. The van der Waals surface area contributed by atoms with Gasteiger partial charge in [0, 0.05) is 17.8 Å². The number of thioether (sulfide) groups is 1. The van der Waals surface area contributed by atoms with Gasteiger partial charge in [-0.2, -0.15) is 11.8 Å². The van der Waals surface area contributed by atoms with Crippen molar-refractivity contribution in [1.29, 1.82) is 0 Å². The molecule has 0 aromatic carbocycles. The zero-order valence-corrected chi connectivity index (χ0v) is 13.8. The molecule has 0 radical (unpaired) electrons. The second kappa shape index (κ2) is 8.50. The van der Waals surface area contributed by atoms with Gasteiger partial charge in [0.25, 0.3) is 0 Å². The highest BCUT2D eigenvalue weighted by Gasteiger charge is 2.35. The number of ether oxygens (including phenoxy) is 1. The number of hydrogen-bond donors (Lipinski definition) is 2. The van der Waals surface area contributed by atoms with Gasteiger partial charge in [-0.1, -0.05) is 20.3 Å². The van der Waals surface area contributed by atoms with Crippen LogP contribution in [0, 0.1) is 5.92 Å². The van der Waals surface area contributed by atoms with Crippen molar-refractivity contribution in [2.45, 2.75) is 63.4 Å². The van der Waals surface area contributed by atoms with Gasteiger partial charge in [-0.3, -0.25) is 0 Å². The Hall–Kier alpha value is 0.230. The Morgan fingerprint density at radius 1 is 1.32 bits per heavy atom. The quantitative estimate of drug-likeness (QED) is 0.649. The molecule has 1 aliphatic rings. The van der Waals surface area contributed by atoms with Crippen LogP contribution in [-0.2, 0) is 4.74 Å². The van der Waals surface area contributed by atoms with Crippen LogP contribution in [0.4, 0.5) is 0 Å². The third-order valence-corrected chi connectivity index (χ3v) is 5.32. The lowest BCUT2D eigenvalue weighted by Gasteiger charge is -2.40. The van der Waals surface area contributed by atoms with Crippen molar-refractivity contribution in [2.75, 3.05) is 26.0 Å². The Labute approximate surface area is 122 Å². The lowest BCUT2D eigenvalue weighted by Crippen LogP contribution is -2.45. The van der Waals surface area contributed by atoms with E-state index in [2.05, 4.69) is 32.3 Å². The van der Waals surface area contributed by atoms with E-state index in [4.69, 9.17) is 4.74 Å². The Morgan fingerprint density at radius 3 is 2.47 bits per heavy atom. The van der Waals surface area contributed by atoms with E-state index < -0.39 is 6.10 Å². The maximum Gasteiger partial charge on any atom is 0.0897 e. The fourth-order valence-electron chi connectivity index (χ4n) is 2.56. The van der Waals surface area contributed by atoms with Gasteiger partial charge in [0.1, 0.15) is 0 Å². The average molecular weight is 289 g/mol. The normalized spacial score (nSPS) is 21.2. The lowest BCUT2D eigenvalue weighted by molar-refractivity contribution is -0.00874. The maximum absolute atomic E-state index is 9.90. The highest BCUT2D eigenvalue weighted by molar-refractivity contribution is 8.00. The van der Waals surface area contributed by atoms with Gasteiger partial charge in [-0.25, -0.2) is 0 Å². The molecule has 0 aliphatic heterocycles. The molecule has 1 saturated carbocycles. The van der Waals surface area contributed by atoms with E-state index in [0.29, 0.717) is 23.8 Å². The lowest BCUT2D eigenvalue weighted by atomic mass is 9.84. The molecule has 114 valence electrons. The molecule has 0 saturated heterocycles. The first kappa shape index (κ1) is 17.3. The van der Waals surface area contributed by atoms with Crippen LogP contribution in [0.3, 0.4) is 0 Å². The molecule has 0 aromatic heterocycles. The molecule has 2 unspecified atom stereocenters. The van der Waals surface area contributed by atoms with Gasteiger partial charge >= 0.3 is 0 Å². The third kappa shape index (κ3) is 6.48. The fraction of sp³-hybridized carbons (Fsp3) is 1.00. The van der Waals surface area contributed by atoms with Gasteiger partial charge in [-0.15, -0.1) is 0 Å². The smallest absolute Gasteiger partial charge is 0.0897 e. The molecule has 0 amide bonds. The van der Waals surface area contributed by atoms with Crippen LogP contribution in [0.1, 0.15) is 46.5 Å². The number of aliphatic hydroxyl groups excluding tert-OH is 1. The summed E-state index contributed by atoms with van der Waals surface area (Å²) in [4.78, 5) is 0. The van der Waals surface area contributed by atoms with E-state index in [1.165, 1.54) is 19.3 Å². The topological polar surface area (TPSA) is 41.5 Å². The van der Waals surface area contributed by atoms with Crippen LogP contribution in [0.5, 0.6) is 0 Å². The molecule has 3 nitrogen and oxygen atoms in total. The minimum absolute atomic E-state index is 0.235. The SMILES string of the molecule is CSC1(CNCC(O)COC(C)CC(C)C)CCC1. The van der Waals surface area contributed by atoms with Crippen molar-refractivity contribution < 1.29 is 9.84 Å². The van der Waals surface area contributed by atoms with Gasteiger partial charge in [0.05, 0.1) is 18.8 Å². The minimum Gasteiger partial charge on any atom is -0.389 e. The monoisotopic (exact) mass is 289 g/mol. The molecule has 0 aromatic rings. The van der Waals surface area contributed by atoms with Crippen molar-refractivity contribution in [3.05, 3.63) is 0 Å². The summed E-state index contributed by atoms with van der Waals surface area (Å²) in [6, 6.07) is 0. The number of aliphatic hydroxyl groups is 1. The van der Waals surface area contributed by atoms with Crippen molar-refractivity contribution in [3.63, 3.8) is 0 Å². The molecular formula is C15H31NO2S. The summed E-state index contributed by atoms with van der Waals surface area (Å²) >= 11 is 1.96. The molecule has 0 heterocycles. The van der Waals surface area contributed by atoms with Crippen LogP contribution in [0.2, 0.25) is 0 Å². The fourth-order valence-corrected chi connectivity index (χ4v) is 3.50. The van der Waals surface area contributed by atoms with Gasteiger partial charge in [0.2, 0.25) is 0 Å². The van der Waals surface area contributed by atoms with E-state index in [1.807, 2.05) is 11.8 Å². The molecule has 1 fully saturated rings. The summed E-state index contributed by atoms with van der Waals surface area (Å²) in [6.07, 6.45) is 7.04. The van der Waals surface area contributed by atoms with Crippen LogP contribution < -0.4 is 5.32 Å². The van der Waals surface area contributed by atoms with Gasteiger partial charge < -0.3 is 15.2 Å². The predicted molar refractivity (Wildman–Crippen MR) is 83.8 cm³/mol. The largest absolute Gasteiger partial charge is 0.389 e. The zero-order valence-electron chi connectivity index (χ0n) is 12.9. The van der Waals surface area contributed by atoms with E-state index >= 15 is 0 Å². The van der Waals surface area contributed by atoms with Gasteiger partial charge in [-0.05, 0) is 38.4 Å². The van der Waals surface area contributed by atoms with E-state index in [-0.39, 0.29) is 6.10 Å². The average Bonchev–Trinajstić information content (AvgIpc) is 2.29. The molecule has 2 atom stereocenters. The number of hydrogen-bond acceptors (Lipinski definition) is 4. The zero-order chi connectivity index (χ0) is 14.3. The Balaban J connectivity index is 2.06. The third-order valence-electron chi connectivity index (χ3n) is 3.90. The molecule has 4 heteroatoms. The summed E-state index contributed by atoms with van der Waals surface area (Å²) in [7, 11) is 0. The van der Waals surface area contributed by atoms with Crippen LogP contribution in [-0.4, -0.2) is 48.0 Å². The predicted octanol–water partition coefficient (Wildman–Crippen LogP) is 2.67. The number of rotatable bonds is 10. The minimum atomic E-state index is -0.395. The molecular weight excluding hydrogens is 258 g/mol. The Bertz CT molecular complexity index is 239. The molecule has 19 heavy (non-hydrogen) atoms. The van der Waals surface area contributed by atoms with E-state index in [0.717, 1.165) is 13.0 Å². The van der Waals surface area contributed by atoms with Crippen LogP contribution in [0.15, 0.2) is 0 Å². The molecule has 1 rings (SSSR count). The molecule has 0 spiro atoms. The first-order valence-electron chi connectivity index (χ1n) is 7.53. The first-order chi connectivity index (χ1) is 8.97. The first-order valence-corrected chi connectivity index (χ1v) is 8.75. The van der Waals surface area contributed by atoms with Crippen LogP contribution in [0.25, 0.3) is 0 Å². The highest BCUT2D eigenvalue weighted by atomic mass is 32.2. The highest BCUT2D eigenvalue weighted by Crippen LogP contribution is 2.42. The van der Waals surface area contributed by atoms with E-state index in [9.17, 15) is 5.11 Å². The molecule has 0 bridgehead atoms. The van der Waals surface area contributed by atoms with Gasteiger partial charge in [0.15, 0.2) is 0 Å². The van der Waals surface area contributed by atoms with Crippen LogP contribution >= 0.6 is 11.8 Å². The van der Waals surface area contributed by atoms with Crippen molar-refractivity contribution in [3.8, 4) is 0 Å². The second-order valence-corrected chi connectivity index (χ2v) is 7.57. The molecule has 1 aliphatic carbocycles. The van der Waals surface area contributed by atoms with Crippen molar-refractivity contribution >= 4 is 11.8 Å². The summed E-state index contributed by atoms with van der Waals surface area (Å²) in [5.74, 6) is 0.644.